The second-order valence-corrected chi connectivity index (χ2v) is 4.84. The maximum absolute atomic E-state index is 11.7. The van der Waals surface area contributed by atoms with Crippen molar-refractivity contribution in [1.82, 2.24) is 4.90 Å². The summed E-state index contributed by atoms with van der Waals surface area (Å²) in [6.45, 7) is 4.99. The molecule has 2 rings (SSSR count). The van der Waals surface area contributed by atoms with E-state index in [1.807, 2.05) is 24.3 Å². The lowest BCUT2D eigenvalue weighted by atomic mass is 10.2. The molecule has 0 spiro atoms. The molecule has 7 heteroatoms. The number of hydrogen-bond acceptors (Lipinski definition) is 5. The van der Waals surface area contributed by atoms with E-state index >= 15 is 0 Å². The van der Waals surface area contributed by atoms with Crippen LogP contribution in [-0.2, 0) is 9.47 Å². The third-order valence-electron chi connectivity index (χ3n) is 3.47. The fraction of sp³-hybridized carbons (Fsp3) is 0.467. The van der Waals surface area contributed by atoms with E-state index in [0.29, 0.717) is 25.4 Å². The zero-order valence-corrected chi connectivity index (χ0v) is 12.9. The summed E-state index contributed by atoms with van der Waals surface area (Å²) in [6, 6.07) is 7.52. The molecule has 1 aromatic rings. The summed E-state index contributed by atoms with van der Waals surface area (Å²) in [4.78, 5) is 26.7. The zero-order chi connectivity index (χ0) is 15.9. The maximum atomic E-state index is 11.7. The lowest BCUT2D eigenvalue weighted by Crippen LogP contribution is -2.49. The molecule has 0 bridgehead atoms. The largest absolute Gasteiger partial charge is 0.453 e. The predicted octanol–water partition coefficient (Wildman–Crippen LogP) is 2.14. The van der Waals surface area contributed by atoms with Gasteiger partial charge in [-0.05, 0) is 31.2 Å². The van der Waals surface area contributed by atoms with Gasteiger partial charge in [0.2, 0.25) is 0 Å². The van der Waals surface area contributed by atoms with E-state index in [1.54, 1.807) is 11.8 Å². The molecule has 1 aliphatic heterocycles. The average molecular weight is 307 g/mol. The van der Waals surface area contributed by atoms with Crippen LogP contribution in [0.2, 0.25) is 0 Å². The van der Waals surface area contributed by atoms with Gasteiger partial charge >= 0.3 is 12.2 Å². The van der Waals surface area contributed by atoms with Crippen molar-refractivity contribution in [3.05, 3.63) is 24.3 Å². The number of hydrogen-bond donors (Lipinski definition) is 1. The smallest absolute Gasteiger partial charge is 0.411 e. The maximum Gasteiger partial charge on any atom is 0.411 e. The molecule has 1 saturated heterocycles. The Labute approximate surface area is 129 Å². The van der Waals surface area contributed by atoms with Gasteiger partial charge in [-0.3, -0.25) is 5.32 Å². The Balaban J connectivity index is 1.88. The van der Waals surface area contributed by atoms with Crippen LogP contribution in [0.5, 0.6) is 0 Å². The number of carbonyl (C=O) groups excluding carboxylic acids is 2. The van der Waals surface area contributed by atoms with Gasteiger partial charge in [-0.25, -0.2) is 9.59 Å². The van der Waals surface area contributed by atoms with Crippen molar-refractivity contribution in [2.75, 3.05) is 50.1 Å². The summed E-state index contributed by atoms with van der Waals surface area (Å²) < 4.78 is 9.55. The third-order valence-corrected chi connectivity index (χ3v) is 3.47. The third kappa shape index (κ3) is 4.03. The molecular weight excluding hydrogens is 286 g/mol. The first-order chi connectivity index (χ1) is 10.6. The lowest BCUT2D eigenvalue weighted by Gasteiger charge is -2.35. The Morgan fingerprint density at radius 2 is 1.77 bits per heavy atom. The quantitative estimate of drug-likeness (QED) is 0.926. The van der Waals surface area contributed by atoms with Crippen molar-refractivity contribution < 1.29 is 19.1 Å². The van der Waals surface area contributed by atoms with Gasteiger partial charge < -0.3 is 19.3 Å². The van der Waals surface area contributed by atoms with E-state index in [4.69, 9.17) is 4.74 Å². The van der Waals surface area contributed by atoms with Gasteiger partial charge in [0.15, 0.2) is 0 Å². The van der Waals surface area contributed by atoms with Crippen LogP contribution in [-0.4, -0.2) is 57.0 Å². The first kappa shape index (κ1) is 15.9. The van der Waals surface area contributed by atoms with Gasteiger partial charge in [-0.2, -0.15) is 0 Å². The number of methoxy groups -OCH3 is 1. The normalized spacial score (nSPS) is 14.5. The summed E-state index contributed by atoms with van der Waals surface area (Å²) in [5.41, 5.74) is 1.74. The molecule has 120 valence electrons. The van der Waals surface area contributed by atoms with Crippen LogP contribution in [0.25, 0.3) is 0 Å². The minimum atomic E-state index is -0.490. The van der Waals surface area contributed by atoms with E-state index < -0.39 is 6.09 Å². The highest BCUT2D eigenvalue weighted by molar-refractivity contribution is 5.84. The van der Waals surface area contributed by atoms with Gasteiger partial charge in [0.25, 0.3) is 0 Å². The Kier molecular flexibility index (Phi) is 5.46. The van der Waals surface area contributed by atoms with Crippen molar-refractivity contribution in [3.63, 3.8) is 0 Å². The molecule has 1 N–H and O–H groups in total. The van der Waals surface area contributed by atoms with Crippen molar-refractivity contribution >= 4 is 23.6 Å². The molecule has 0 saturated carbocycles. The summed E-state index contributed by atoms with van der Waals surface area (Å²) in [7, 11) is 1.33. The monoisotopic (exact) mass is 307 g/mol. The Morgan fingerprint density at radius 1 is 1.14 bits per heavy atom. The molecular formula is C15H21N3O4. The number of nitrogens with zero attached hydrogens (tertiary/aromatic N) is 2. The molecule has 0 aliphatic carbocycles. The molecule has 1 heterocycles. The van der Waals surface area contributed by atoms with Crippen molar-refractivity contribution in [3.8, 4) is 0 Å². The highest BCUT2D eigenvalue weighted by Gasteiger charge is 2.21. The highest BCUT2D eigenvalue weighted by atomic mass is 16.6. The lowest BCUT2D eigenvalue weighted by molar-refractivity contribution is 0.105. The van der Waals surface area contributed by atoms with Gasteiger partial charge in [0, 0.05) is 37.6 Å². The molecule has 7 nitrogen and oxygen atoms in total. The first-order valence-corrected chi connectivity index (χ1v) is 7.25. The van der Waals surface area contributed by atoms with E-state index in [-0.39, 0.29) is 6.09 Å². The first-order valence-electron chi connectivity index (χ1n) is 7.25. The van der Waals surface area contributed by atoms with Crippen LogP contribution in [0.3, 0.4) is 0 Å². The fourth-order valence-electron chi connectivity index (χ4n) is 2.29. The number of nitrogens with one attached hydrogen (secondary N) is 1. The number of ether oxygens (including phenoxy) is 2. The van der Waals surface area contributed by atoms with Gasteiger partial charge in [0.1, 0.15) is 0 Å². The van der Waals surface area contributed by atoms with E-state index in [0.717, 1.165) is 18.8 Å². The molecule has 1 aliphatic rings. The predicted molar refractivity (Wildman–Crippen MR) is 83.3 cm³/mol. The highest BCUT2D eigenvalue weighted by Crippen LogP contribution is 2.19. The van der Waals surface area contributed by atoms with Crippen molar-refractivity contribution in [2.45, 2.75) is 6.92 Å². The number of carbonyl (C=O) groups is 2. The molecule has 0 atom stereocenters. The van der Waals surface area contributed by atoms with Crippen molar-refractivity contribution in [2.24, 2.45) is 0 Å². The van der Waals surface area contributed by atoms with Crippen LogP contribution in [0.4, 0.5) is 21.0 Å². The van der Waals surface area contributed by atoms with Gasteiger partial charge in [0.05, 0.1) is 13.7 Å². The molecule has 0 aromatic heterocycles. The topological polar surface area (TPSA) is 71.1 Å². The number of benzene rings is 1. The summed E-state index contributed by atoms with van der Waals surface area (Å²) in [5.74, 6) is 0. The Morgan fingerprint density at radius 3 is 2.32 bits per heavy atom. The molecule has 1 aromatic carbocycles. The molecule has 0 radical (unpaired) electrons. The van der Waals surface area contributed by atoms with Gasteiger partial charge in [-0.15, -0.1) is 0 Å². The molecule has 1 fully saturated rings. The molecule has 0 unspecified atom stereocenters. The minimum absolute atomic E-state index is 0.250. The number of rotatable bonds is 3. The van der Waals surface area contributed by atoms with E-state index in [1.165, 1.54) is 7.11 Å². The fourth-order valence-corrected chi connectivity index (χ4v) is 2.29. The number of amides is 2. The summed E-state index contributed by atoms with van der Waals surface area (Å²) in [5, 5.41) is 2.61. The zero-order valence-electron chi connectivity index (χ0n) is 12.9. The van der Waals surface area contributed by atoms with Crippen molar-refractivity contribution in [1.29, 1.82) is 0 Å². The SMILES string of the molecule is CCOC(=O)N1CCN(c2ccc(NC(=O)OC)cc2)CC1. The van der Waals surface area contributed by atoms with E-state index in [9.17, 15) is 9.59 Å². The number of piperazine rings is 1. The molecule has 2 amide bonds. The van der Waals surface area contributed by atoms with Crippen LogP contribution in [0, 0.1) is 0 Å². The van der Waals surface area contributed by atoms with Gasteiger partial charge in [-0.1, -0.05) is 0 Å². The second-order valence-electron chi connectivity index (χ2n) is 4.84. The Hall–Kier alpha value is -2.44. The average Bonchev–Trinajstić information content (AvgIpc) is 2.56. The van der Waals surface area contributed by atoms with Crippen LogP contribution < -0.4 is 10.2 Å². The van der Waals surface area contributed by atoms with Crippen LogP contribution in [0.15, 0.2) is 24.3 Å². The standard InChI is InChI=1S/C15H21N3O4/c1-3-22-15(20)18-10-8-17(9-11-18)13-6-4-12(5-7-13)16-14(19)21-2/h4-7H,3,8-11H2,1-2H3,(H,16,19). The summed E-state index contributed by atoms with van der Waals surface area (Å²) in [6.07, 6.45) is -0.740. The molecule has 22 heavy (non-hydrogen) atoms. The van der Waals surface area contributed by atoms with Crippen LogP contribution >= 0.6 is 0 Å². The number of anilines is 2. The van der Waals surface area contributed by atoms with Crippen LogP contribution in [0.1, 0.15) is 6.92 Å². The Bertz CT molecular complexity index is 510. The summed E-state index contributed by atoms with van der Waals surface area (Å²) >= 11 is 0. The second kappa shape index (κ2) is 7.53. The minimum Gasteiger partial charge on any atom is -0.453 e. The van der Waals surface area contributed by atoms with E-state index in [2.05, 4.69) is 15.0 Å².